The van der Waals surface area contributed by atoms with Crippen molar-refractivity contribution in [3.63, 3.8) is 0 Å². The van der Waals surface area contributed by atoms with Crippen LogP contribution in [0, 0.1) is 0 Å². The van der Waals surface area contributed by atoms with Crippen LogP contribution < -0.4 is 4.74 Å². The minimum Gasteiger partial charge on any atom is -0.497 e. The minimum atomic E-state index is -0.762. The zero-order chi connectivity index (χ0) is 19.5. The lowest BCUT2D eigenvalue weighted by Gasteiger charge is -2.28. The van der Waals surface area contributed by atoms with Crippen LogP contribution in [0.3, 0.4) is 0 Å². The Bertz CT molecular complexity index is 940. The summed E-state index contributed by atoms with van der Waals surface area (Å²) in [6.07, 6.45) is 2.30. The second-order valence-electron chi connectivity index (χ2n) is 6.78. The van der Waals surface area contributed by atoms with Crippen LogP contribution >= 0.6 is 0 Å². The van der Waals surface area contributed by atoms with E-state index in [1.54, 1.807) is 12.0 Å². The second-order valence-corrected chi connectivity index (χ2v) is 6.78. The molecule has 0 aliphatic carbocycles. The van der Waals surface area contributed by atoms with E-state index in [4.69, 9.17) is 4.74 Å². The van der Waals surface area contributed by atoms with Crippen molar-refractivity contribution in [1.82, 2.24) is 19.9 Å². The Labute approximate surface area is 163 Å². The van der Waals surface area contributed by atoms with Crippen molar-refractivity contribution in [3.05, 3.63) is 72.1 Å². The number of amides is 1. The van der Waals surface area contributed by atoms with E-state index in [2.05, 4.69) is 10.2 Å². The number of hydrogen-bond acceptors (Lipinski definition) is 5. The quantitative estimate of drug-likeness (QED) is 0.738. The molecule has 2 aromatic carbocycles. The predicted molar refractivity (Wildman–Crippen MR) is 103 cm³/mol. The van der Waals surface area contributed by atoms with E-state index in [1.807, 2.05) is 54.6 Å². The summed E-state index contributed by atoms with van der Waals surface area (Å²) >= 11 is 0. The van der Waals surface area contributed by atoms with Crippen molar-refractivity contribution in [2.75, 3.05) is 13.7 Å². The van der Waals surface area contributed by atoms with Crippen molar-refractivity contribution in [3.8, 4) is 11.4 Å². The number of ether oxygens (including phenoxy) is 1. The fourth-order valence-electron chi connectivity index (χ4n) is 3.59. The van der Waals surface area contributed by atoms with E-state index >= 15 is 0 Å². The number of likely N-dealkylation sites (tertiary alicyclic amines) is 1. The molecule has 0 radical (unpaired) electrons. The average molecular weight is 378 g/mol. The van der Waals surface area contributed by atoms with Gasteiger partial charge in [-0.05, 0) is 42.7 Å². The molecular formula is C21H22N4O3. The molecule has 0 unspecified atom stereocenters. The lowest BCUT2D eigenvalue weighted by Crippen LogP contribution is -2.39. The van der Waals surface area contributed by atoms with Gasteiger partial charge < -0.3 is 14.7 Å². The highest BCUT2D eigenvalue weighted by atomic mass is 16.5. The van der Waals surface area contributed by atoms with E-state index in [9.17, 15) is 9.90 Å². The third-order valence-electron chi connectivity index (χ3n) is 5.08. The summed E-state index contributed by atoms with van der Waals surface area (Å²) in [4.78, 5) is 16.2. The lowest BCUT2D eigenvalue weighted by atomic mass is 10.00. The molecule has 3 aromatic rings. The molecule has 1 aliphatic rings. The normalized spacial score (nSPS) is 17.5. The summed E-state index contributed by atoms with van der Waals surface area (Å²) in [5.74, 6) is 0.519. The highest BCUT2D eigenvalue weighted by Gasteiger charge is 2.36. The molecule has 144 valence electrons. The molecule has 0 spiro atoms. The molecule has 4 rings (SSSR count). The van der Waals surface area contributed by atoms with Gasteiger partial charge in [0.1, 0.15) is 5.75 Å². The van der Waals surface area contributed by atoms with Crippen molar-refractivity contribution >= 4 is 5.91 Å². The van der Waals surface area contributed by atoms with Crippen molar-refractivity contribution in [2.45, 2.75) is 25.0 Å². The van der Waals surface area contributed by atoms with Gasteiger partial charge in [0.2, 0.25) is 0 Å². The number of hydrogen-bond donors (Lipinski definition) is 1. The molecule has 1 aliphatic heterocycles. The number of rotatable bonds is 5. The van der Waals surface area contributed by atoms with Gasteiger partial charge in [-0.15, -0.1) is 5.10 Å². The maximum atomic E-state index is 13.0. The predicted octanol–water partition coefficient (Wildman–Crippen LogP) is 2.61. The standard InChI is InChI=1S/C21H22N4O3/c1-28-17-11-9-15(10-12-17)20(26)19-8-5-13-24(19)21(27)18-14-22-25(23-18)16-6-3-2-4-7-16/h2-4,6-7,9-12,14,19-20,26H,5,8,13H2,1H3/t19-,20+/m1/s1. The summed E-state index contributed by atoms with van der Waals surface area (Å²) in [7, 11) is 1.60. The Morgan fingerprint density at radius 3 is 2.64 bits per heavy atom. The number of benzene rings is 2. The summed E-state index contributed by atoms with van der Waals surface area (Å²) in [5, 5.41) is 19.4. The van der Waals surface area contributed by atoms with Gasteiger partial charge in [-0.3, -0.25) is 4.79 Å². The molecule has 2 atom stereocenters. The van der Waals surface area contributed by atoms with E-state index < -0.39 is 6.10 Å². The van der Waals surface area contributed by atoms with Gasteiger partial charge in [-0.1, -0.05) is 30.3 Å². The summed E-state index contributed by atoms with van der Waals surface area (Å²) < 4.78 is 5.17. The fraction of sp³-hybridized carbons (Fsp3) is 0.286. The first-order chi connectivity index (χ1) is 13.7. The molecule has 1 fully saturated rings. The first kappa shape index (κ1) is 18.2. The van der Waals surface area contributed by atoms with Crippen LogP contribution in [0.25, 0.3) is 5.69 Å². The maximum absolute atomic E-state index is 13.0. The molecule has 2 heterocycles. The maximum Gasteiger partial charge on any atom is 0.276 e. The lowest BCUT2D eigenvalue weighted by molar-refractivity contribution is 0.0481. The van der Waals surface area contributed by atoms with E-state index in [1.165, 1.54) is 11.0 Å². The van der Waals surface area contributed by atoms with E-state index in [-0.39, 0.29) is 17.6 Å². The molecule has 7 nitrogen and oxygen atoms in total. The van der Waals surface area contributed by atoms with Crippen LogP contribution in [-0.2, 0) is 0 Å². The van der Waals surface area contributed by atoms with Gasteiger partial charge in [-0.25, -0.2) is 0 Å². The van der Waals surface area contributed by atoms with E-state index in [0.29, 0.717) is 6.54 Å². The zero-order valence-electron chi connectivity index (χ0n) is 15.6. The van der Waals surface area contributed by atoms with E-state index in [0.717, 1.165) is 29.8 Å². The number of nitrogens with zero attached hydrogens (tertiary/aromatic N) is 4. The summed E-state index contributed by atoms with van der Waals surface area (Å²) in [6.45, 7) is 0.592. The van der Waals surface area contributed by atoms with Gasteiger partial charge in [-0.2, -0.15) is 9.90 Å². The molecule has 1 aromatic heterocycles. The zero-order valence-corrected chi connectivity index (χ0v) is 15.6. The molecule has 28 heavy (non-hydrogen) atoms. The van der Waals surface area contributed by atoms with Crippen LogP contribution in [0.2, 0.25) is 0 Å². The van der Waals surface area contributed by atoms with Crippen LogP contribution in [0.15, 0.2) is 60.8 Å². The SMILES string of the molecule is COc1ccc([C@H](O)[C@H]2CCCN2C(=O)c2cnn(-c3ccccc3)n2)cc1. The topological polar surface area (TPSA) is 80.5 Å². The third-order valence-corrected chi connectivity index (χ3v) is 5.08. The van der Waals surface area contributed by atoms with Gasteiger partial charge in [0.15, 0.2) is 5.69 Å². The van der Waals surface area contributed by atoms with Crippen LogP contribution in [0.1, 0.15) is 35.0 Å². The summed E-state index contributed by atoms with van der Waals surface area (Å²) in [5.41, 5.74) is 1.83. The first-order valence-electron chi connectivity index (χ1n) is 9.28. The Morgan fingerprint density at radius 1 is 1.18 bits per heavy atom. The number of carbonyl (C=O) groups excluding carboxylic acids is 1. The first-order valence-corrected chi connectivity index (χ1v) is 9.28. The molecule has 1 amide bonds. The molecule has 0 saturated carbocycles. The van der Waals surface area contributed by atoms with Crippen molar-refractivity contribution in [2.24, 2.45) is 0 Å². The molecule has 0 bridgehead atoms. The second kappa shape index (κ2) is 7.82. The van der Waals surface area contributed by atoms with Gasteiger partial charge >= 0.3 is 0 Å². The van der Waals surface area contributed by atoms with Gasteiger partial charge in [0.05, 0.1) is 31.1 Å². The number of methoxy groups -OCH3 is 1. The van der Waals surface area contributed by atoms with Crippen molar-refractivity contribution < 1.29 is 14.6 Å². The Kier molecular flexibility index (Phi) is 5.08. The molecule has 7 heteroatoms. The van der Waals surface area contributed by atoms with Gasteiger partial charge in [0, 0.05) is 6.54 Å². The number of carbonyl (C=O) groups is 1. The molecular weight excluding hydrogens is 356 g/mol. The smallest absolute Gasteiger partial charge is 0.276 e. The number of aliphatic hydroxyl groups is 1. The molecule has 1 N–H and O–H groups in total. The number of para-hydroxylation sites is 1. The minimum absolute atomic E-state index is 0.211. The number of aliphatic hydroxyl groups excluding tert-OH is 1. The summed E-state index contributed by atoms with van der Waals surface area (Å²) in [6, 6.07) is 16.4. The Morgan fingerprint density at radius 2 is 1.93 bits per heavy atom. The Hall–Kier alpha value is -3.19. The van der Waals surface area contributed by atoms with Crippen LogP contribution in [0.5, 0.6) is 5.75 Å². The largest absolute Gasteiger partial charge is 0.497 e. The molecule has 1 saturated heterocycles. The fourth-order valence-corrected chi connectivity index (χ4v) is 3.59. The van der Waals surface area contributed by atoms with Crippen molar-refractivity contribution in [1.29, 1.82) is 0 Å². The Balaban J connectivity index is 1.52. The highest BCUT2D eigenvalue weighted by Crippen LogP contribution is 2.31. The van der Waals surface area contributed by atoms with Gasteiger partial charge in [0.25, 0.3) is 5.91 Å². The average Bonchev–Trinajstić information content (AvgIpc) is 3.43. The highest BCUT2D eigenvalue weighted by molar-refractivity contribution is 5.92. The van der Waals surface area contributed by atoms with Crippen LogP contribution in [0.4, 0.5) is 0 Å². The third kappa shape index (κ3) is 3.48. The van der Waals surface area contributed by atoms with Crippen LogP contribution in [-0.4, -0.2) is 50.6 Å². The number of aromatic nitrogens is 3. The monoisotopic (exact) mass is 378 g/mol.